The Bertz CT molecular complexity index is 1380. The van der Waals surface area contributed by atoms with E-state index in [-0.39, 0.29) is 0 Å². The van der Waals surface area contributed by atoms with Gasteiger partial charge in [-0.3, -0.25) is 4.98 Å². The van der Waals surface area contributed by atoms with Gasteiger partial charge in [0.05, 0.1) is 21.4 Å². The van der Waals surface area contributed by atoms with E-state index in [9.17, 15) is 4.79 Å². The Labute approximate surface area is 197 Å². The van der Waals surface area contributed by atoms with Gasteiger partial charge in [0.25, 0.3) is 0 Å². The predicted molar refractivity (Wildman–Crippen MR) is 135 cm³/mol. The number of rotatable bonds is 6. The molecule has 0 aliphatic heterocycles. The van der Waals surface area contributed by atoms with Crippen LogP contribution in [0.2, 0.25) is 0 Å². The van der Waals surface area contributed by atoms with Gasteiger partial charge in [0.1, 0.15) is 0 Å². The van der Waals surface area contributed by atoms with Gasteiger partial charge in [-0.1, -0.05) is 42.8 Å². The van der Waals surface area contributed by atoms with E-state index in [0.29, 0.717) is 5.92 Å². The summed E-state index contributed by atoms with van der Waals surface area (Å²) in [5.74, 6) is -0.486. The van der Waals surface area contributed by atoms with Crippen molar-refractivity contribution in [2.24, 2.45) is 5.92 Å². The molecule has 0 radical (unpaired) electrons. The highest BCUT2D eigenvalue weighted by molar-refractivity contribution is 7.16. The van der Waals surface area contributed by atoms with Crippen molar-refractivity contribution in [2.45, 2.75) is 26.2 Å². The van der Waals surface area contributed by atoms with E-state index >= 15 is 0 Å². The van der Waals surface area contributed by atoms with Crippen LogP contribution in [0.5, 0.6) is 0 Å². The van der Waals surface area contributed by atoms with Crippen molar-refractivity contribution in [1.82, 2.24) is 9.97 Å². The van der Waals surface area contributed by atoms with Crippen molar-refractivity contribution in [2.75, 3.05) is 0 Å². The van der Waals surface area contributed by atoms with E-state index in [1.54, 1.807) is 17.4 Å². The number of carboxylic acids is 1. The van der Waals surface area contributed by atoms with Gasteiger partial charge in [-0.15, -0.1) is 11.3 Å². The molecular formula is C28H24N2O2S. The molecule has 4 nitrogen and oxygen atoms in total. The first-order valence-electron chi connectivity index (χ1n) is 11.1. The summed E-state index contributed by atoms with van der Waals surface area (Å²) < 4.78 is 1.17. The van der Waals surface area contributed by atoms with Gasteiger partial charge in [-0.25, -0.2) is 9.78 Å². The summed E-state index contributed by atoms with van der Waals surface area (Å²) in [4.78, 5) is 20.3. The standard InChI is InChI=1S/C28H24N2O2S/c1-18-4-3-15-29-28(18)27(20-5-2-6-20)26(22-12-13-24-23(16-22)30-17-33-24)21-10-7-19(8-11-21)9-14-25(31)32/h3-4,7-17,20H,2,5-6H2,1H3,(H,31,32). The average molecular weight is 453 g/mol. The minimum Gasteiger partial charge on any atom is -0.478 e. The van der Waals surface area contributed by atoms with Crippen LogP contribution in [0.1, 0.15) is 47.2 Å². The van der Waals surface area contributed by atoms with Gasteiger partial charge in [-0.2, -0.15) is 0 Å². The minimum absolute atomic E-state index is 0.464. The van der Waals surface area contributed by atoms with Crippen molar-refractivity contribution in [3.8, 4) is 0 Å². The summed E-state index contributed by atoms with van der Waals surface area (Å²) in [6, 6.07) is 18.7. The summed E-state index contributed by atoms with van der Waals surface area (Å²) in [7, 11) is 0. The number of benzene rings is 2. The Kier molecular flexibility index (Phi) is 5.88. The number of fused-ring (bicyclic) bond motifs is 1. The van der Waals surface area contributed by atoms with Crippen LogP contribution < -0.4 is 0 Å². The third kappa shape index (κ3) is 4.37. The molecular weight excluding hydrogens is 428 g/mol. The van der Waals surface area contributed by atoms with Crippen molar-refractivity contribution >= 4 is 44.7 Å². The number of nitrogens with zero attached hydrogens (tertiary/aromatic N) is 2. The largest absolute Gasteiger partial charge is 0.478 e. The molecule has 5 heteroatoms. The Morgan fingerprint density at radius 1 is 1.06 bits per heavy atom. The lowest BCUT2D eigenvalue weighted by atomic mass is 9.73. The first-order valence-corrected chi connectivity index (χ1v) is 12.0. The molecule has 0 unspecified atom stereocenters. The molecule has 0 spiro atoms. The molecule has 2 aromatic carbocycles. The second-order valence-electron chi connectivity index (χ2n) is 8.41. The molecule has 1 N–H and O–H groups in total. The van der Waals surface area contributed by atoms with Crippen molar-refractivity contribution < 1.29 is 9.90 Å². The van der Waals surface area contributed by atoms with Gasteiger partial charge >= 0.3 is 5.97 Å². The Balaban J connectivity index is 1.74. The van der Waals surface area contributed by atoms with Crippen LogP contribution in [-0.4, -0.2) is 21.0 Å². The zero-order chi connectivity index (χ0) is 22.8. The van der Waals surface area contributed by atoms with Gasteiger partial charge in [-0.05, 0) is 83.4 Å². The highest BCUT2D eigenvalue weighted by Crippen LogP contribution is 2.45. The fraction of sp³-hybridized carbons (Fsp3) is 0.179. The van der Waals surface area contributed by atoms with Crippen molar-refractivity contribution in [1.29, 1.82) is 0 Å². The quantitative estimate of drug-likeness (QED) is 0.325. The van der Waals surface area contributed by atoms with Crippen LogP contribution in [0.4, 0.5) is 0 Å². The van der Waals surface area contributed by atoms with Crippen LogP contribution >= 0.6 is 11.3 Å². The number of allylic oxidation sites excluding steroid dienone is 1. The predicted octanol–water partition coefficient (Wildman–Crippen LogP) is 6.86. The van der Waals surface area contributed by atoms with E-state index in [2.05, 4.69) is 48.3 Å². The molecule has 2 heterocycles. The van der Waals surface area contributed by atoms with Gasteiger partial charge in [0.15, 0.2) is 0 Å². The molecule has 0 amide bonds. The number of aliphatic carboxylic acids is 1. The number of thiazole rings is 1. The summed E-state index contributed by atoms with van der Waals surface area (Å²) >= 11 is 1.65. The maximum absolute atomic E-state index is 10.9. The fourth-order valence-electron chi connectivity index (χ4n) is 4.40. The molecule has 0 bridgehead atoms. The zero-order valence-electron chi connectivity index (χ0n) is 18.4. The normalized spacial score (nSPS) is 14.9. The maximum Gasteiger partial charge on any atom is 0.328 e. The Morgan fingerprint density at radius 2 is 1.85 bits per heavy atom. The monoisotopic (exact) mass is 452 g/mol. The molecule has 1 fully saturated rings. The van der Waals surface area contributed by atoms with E-state index in [4.69, 9.17) is 10.1 Å². The molecule has 0 atom stereocenters. The second-order valence-corrected chi connectivity index (χ2v) is 9.30. The van der Waals surface area contributed by atoms with E-state index in [0.717, 1.165) is 40.7 Å². The third-order valence-electron chi connectivity index (χ3n) is 6.28. The SMILES string of the molecule is Cc1cccnc1C(=C(c1ccc(C=CC(=O)O)cc1)c1ccc2scnc2c1)C1CCC1. The molecule has 2 aromatic heterocycles. The maximum atomic E-state index is 10.9. The molecule has 164 valence electrons. The number of hydrogen-bond donors (Lipinski definition) is 1. The molecule has 0 saturated heterocycles. The van der Waals surface area contributed by atoms with E-state index < -0.39 is 5.97 Å². The first kappa shape index (κ1) is 21.3. The summed E-state index contributed by atoms with van der Waals surface area (Å²) in [6.07, 6.45) is 8.21. The Morgan fingerprint density at radius 3 is 2.55 bits per heavy atom. The number of aromatic nitrogens is 2. The zero-order valence-corrected chi connectivity index (χ0v) is 19.2. The summed E-state index contributed by atoms with van der Waals surface area (Å²) in [6.45, 7) is 2.13. The summed E-state index contributed by atoms with van der Waals surface area (Å²) in [5, 5.41) is 8.95. The topological polar surface area (TPSA) is 63.1 Å². The third-order valence-corrected chi connectivity index (χ3v) is 7.09. The Hall–Kier alpha value is -3.57. The van der Waals surface area contributed by atoms with Gasteiger partial charge in [0.2, 0.25) is 0 Å². The average Bonchev–Trinajstić information content (AvgIpc) is 3.25. The molecule has 1 aliphatic rings. The van der Waals surface area contributed by atoms with Crippen LogP contribution in [0, 0.1) is 12.8 Å². The smallest absolute Gasteiger partial charge is 0.328 e. The minimum atomic E-state index is -0.950. The number of aryl methyl sites for hydroxylation is 1. The number of hydrogen-bond acceptors (Lipinski definition) is 4. The number of carbonyl (C=O) groups is 1. The lowest BCUT2D eigenvalue weighted by Gasteiger charge is -2.31. The van der Waals surface area contributed by atoms with Gasteiger partial charge < -0.3 is 5.11 Å². The molecule has 1 saturated carbocycles. The number of pyridine rings is 1. The second kappa shape index (κ2) is 9.12. The van der Waals surface area contributed by atoms with Crippen LogP contribution in [-0.2, 0) is 4.79 Å². The lowest BCUT2D eigenvalue weighted by Crippen LogP contribution is -2.16. The van der Waals surface area contributed by atoms with Crippen LogP contribution in [0.25, 0.3) is 27.4 Å². The summed E-state index contributed by atoms with van der Waals surface area (Å²) in [5.41, 5.74) is 10.7. The van der Waals surface area contributed by atoms with E-state index in [1.807, 2.05) is 29.9 Å². The highest BCUT2D eigenvalue weighted by atomic mass is 32.1. The molecule has 33 heavy (non-hydrogen) atoms. The highest BCUT2D eigenvalue weighted by Gasteiger charge is 2.29. The van der Waals surface area contributed by atoms with Crippen molar-refractivity contribution in [3.63, 3.8) is 0 Å². The first-order chi connectivity index (χ1) is 16.1. The number of carboxylic acid groups (broad SMARTS) is 1. The molecule has 1 aliphatic carbocycles. The van der Waals surface area contributed by atoms with Crippen LogP contribution in [0.3, 0.4) is 0 Å². The van der Waals surface area contributed by atoms with Gasteiger partial charge in [0, 0.05) is 12.3 Å². The van der Waals surface area contributed by atoms with Crippen LogP contribution in [0.15, 0.2) is 72.4 Å². The molecule has 4 aromatic rings. The van der Waals surface area contributed by atoms with E-state index in [1.165, 1.54) is 33.9 Å². The lowest BCUT2D eigenvalue weighted by molar-refractivity contribution is -0.131. The fourth-order valence-corrected chi connectivity index (χ4v) is 5.06. The molecule has 5 rings (SSSR count). The van der Waals surface area contributed by atoms with Crippen molar-refractivity contribution in [3.05, 3.63) is 100 Å².